The van der Waals surface area contributed by atoms with Gasteiger partial charge in [0.2, 0.25) is 5.91 Å². The third-order valence-electron chi connectivity index (χ3n) is 5.84. The number of allylic oxidation sites excluding steroid dienone is 1. The molecule has 2 heterocycles. The average molecular weight is 463 g/mol. The summed E-state index contributed by atoms with van der Waals surface area (Å²) >= 11 is 0. The molecule has 0 N–H and O–H groups in total. The number of nitrogens with zero attached hydrogens (tertiary/aromatic N) is 2. The van der Waals surface area contributed by atoms with Crippen molar-refractivity contribution in [2.45, 2.75) is 37.8 Å². The summed E-state index contributed by atoms with van der Waals surface area (Å²) < 4.78 is 10.2. The van der Waals surface area contributed by atoms with Crippen LogP contribution in [0.2, 0.25) is 0 Å². The fraction of sp³-hybridized carbons (Fsp3) is 0.308. The van der Waals surface area contributed by atoms with Crippen LogP contribution in [-0.2, 0) is 31.9 Å². The van der Waals surface area contributed by atoms with Crippen molar-refractivity contribution in [2.75, 3.05) is 13.2 Å². The van der Waals surface area contributed by atoms with Gasteiger partial charge in [0.1, 0.15) is 13.2 Å². The van der Waals surface area contributed by atoms with E-state index in [2.05, 4.69) is 0 Å². The van der Waals surface area contributed by atoms with Gasteiger partial charge in [0, 0.05) is 6.42 Å². The number of cyclic esters (lactones) is 2. The summed E-state index contributed by atoms with van der Waals surface area (Å²) in [5.74, 6) is -0.846. The summed E-state index contributed by atoms with van der Waals surface area (Å²) in [6.45, 7) is 0.305. The van der Waals surface area contributed by atoms with E-state index >= 15 is 0 Å². The average Bonchev–Trinajstić information content (AvgIpc) is 3.39. The van der Waals surface area contributed by atoms with Gasteiger partial charge < -0.3 is 9.47 Å². The van der Waals surface area contributed by atoms with Crippen molar-refractivity contribution in [3.05, 3.63) is 83.9 Å². The Labute approximate surface area is 197 Å². The zero-order chi connectivity index (χ0) is 23.9. The van der Waals surface area contributed by atoms with Gasteiger partial charge in [-0.15, -0.1) is 0 Å². The maximum atomic E-state index is 12.7. The van der Waals surface area contributed by atoms with Crippen LogP contribution in [0.15, 0.2) is 72.8 Å². The van der Waals surface area contributed by atoms with Gasteiger partial charge in [-0.1, -0.05) is 66.7 Å². The van der Waals surface area contributed by atoms with Crippen LogP contribution in [0.25, 0.3) is 0 Å². The first kappa shape index (κ1) is 23.2. The minimum Gasteiger partial charge on any atom is -0.447 e. The molecule has 0 aromatic heterocycles. The van der Waals surface area contributed by atoms with Crippen molar-refractivity contribution >= 4 is 24.0 Å². The molecule has 0 aliphatic carbocycles. The zero-order valence-corrected chi connectivity index (χ0v) is 18.7. The number of rotatable bonds is 8. The molecule has 0 saturated carbocycles. The molecule has 2 saturated heterocycles. The fourth-order valence-corrected chi connectivity index (χ4v) is 4.16. The summed E-state index contributed by atoms with van der Waals surface area (Å²) in [4.78, 5) is 51.8. The molecule has 8 heteroatoms. The van der Waals surface area contributed by atoms with Crippen LogP contribution in [0.4, 0.5) is 9.59 Å². The lowest BCUT2D eigenvalue weighted by Crippen LogP contribution is -2.40. The Bertz CT molecular complexity index is 1070. The first-order chi connectivity index (χ1) is 16.5. The standard InChI is InChI=1S/C26H26N2O6/c29-23(27-21(17-33-25(27)31)15-19-9-3-1-4-10-19)13-7-8-14-24(30)28-22(18-34-26(28)32)16-20-11-5-2-6-12-20/h1-7,9-13,21-22H,8,14-18H2/t21-,22-/m0/s1. The molecule has 2 fully saturated rings. The summed E-state index contributed by atoms with van der Waals surface area (Å²) in [5.41, 5.74) is 2.01. The maximum absolute atomic E-state index is 12.7. The van der Waals surface area contributed by atoms with Crippen LogP contribution in [0.5, 0.6) is 0 Å². The molecule has 8 nitrogen and oxygen atoms in total. The molecule has 34 heavy (non-hydrogen) atoms. The molecule has 0 bridgehead atoms. The van der Waals surface area contributed by atoms with Crippen molar-refractivity contribution in [3.63, 3.8) is 0 Å². The van der Waals surface area contributed by atoms with Crippen LogP contribution in [-0.4, -0.2) is 59.1 Å². The van der Waals surface area contributed by atoms with E-state index in [0.29, 0.717) is 12.8 Å². The number of benzene rings is 2. The molecule has 176 valence electrons. The van der Waals surface area contributed by atoms with Crippen LogP contribution in [0.1, 0.15) is 24.0 Å². The highest BCUT2D eigenvalue weighted by Gasteiger charge is 2.38. The first-order valence-corrected chi connectivity index (χ1v) is 11.3. The van der Waals surface area contributed by atoms with E-state index in [9.17, 15) is 19.2 Å². The van der Waals surface area contributed by atoms with E-state index in [-0.39, 0.29) is 44.0 Å². The molecule has 4 rings (SSSR count). The Balaban J connectivity index is 1.30. The molecule has 0 radical (unpaired) electrons. The molecule has 4 amide bonds. The lowest BCUT2D eigenvalue weighted by Gasteiger charge is -2.19. The molecule has 0 spiro atoms. The van der Waals surface area contributed by atoms with E-state index in [1.807, 2.05) is 60.7 Å². The van der Waals surface area contributed by atoms with Crippen LogP contribution in [0.3, 0.4) is 0 Å². The van der Waals surface area contributed by atoms with Crippen molar-refractivity contribution in [1.82, 2.24) is 9.80 Å². The largest absolute Gasteiger partial charge is 0.447 e. The SMILES string of the molecule is O=C(C=CCCC(=O)N1C(=O)OC[C@@H]1Cc1ccccc1)N1C(=O)OC[C@@H]1Cc1ccccc1. The number of carbonyl (C=O) groups excluding carboxylic acids is 4. The number of hydrogen-bond acceptors (Lipinski definition) is 6. The van der Waals surface area contributed by atoms with E-state index in [0.717, 1.165) is 20.9 Å². The van der Waals surface area contributed by atoms with Crippen molar-refractivity contribution < 1.29 is 28.7 Å². The van der Waals surface area contributed by atoms with Crippen LogP contribution in [0, 0.1) is 0 Å². The van der Waals surface area contributed by atoms with E-state index in [1.54, 1.807) is 6.08 Å². The normalized spacial score (nSPS) is 20.0. The Morgan fingerprint density at radius 2 is 1.29 bits per heavy atom. The van der Waals surface area contributed by atoms with Gasteiger partial charge in [-0.3, -0.25) is 9.59 Å². The molecule has 2 atom stereocenters. The zero-order valence-electron chi connectivity index (χ0n) is 18.7. The molecule has 2 aliphatic heterocycles. The van der Waals surface area contributed by atoms with E-state index < -0.39 is 18.1 Å². The van der Waals surface area contributed by atoms with Crippen molar-refractivity contribution in [2.24, 2.45) is 0 Å². The predicted molar refractivity (Wildman–Crippen MR) is 123 cm³/mol. The van der Waals surface area contributed by atoms with Gasteiger partial charge in [0.05, 0.1) is 12.1 Å². The van der Waals surface area contributed by atoms with Crippen molar-refractivity contribution in [1.29, 1.82) is 0 Å². The number of carbonyl (C=O) groups is 4. The highest BCUT2D eigenvalue weighted by Crippen LogP contribution is 2.20. The Kier molecular flexibility index (Phi) is 7.37. The second-order valence-electron chi connectivity index (χ2n) is 8.25. The molecule has 2 aliphatic rings. The quantitative estimate of drug-likeness (QED) is 0.558. The highest BCUT2D eigenvalue weighted by atomic mass is 16.6. The van der Waals surface area contributed by atoms with Crippen LogP contribution < -0.4 is 0 Å². The Morgan fingerprint density at radius 1 is 0.794 bits per heavy atom. The van der Waals surface area contributed by atoms with Gasteiger partial charge in [-0.25, -0.2) is 19.4 Å². The highest BCUT2D eigenvalue weighted by molar-refractivity contribution is 6.00. The lowest BCUT2D eigenvalue weighted by molar-refractivity contribution is -0.129. The smallest absolute Gasteiger partial charge is 0.417 e. The predicted octanol–water partition coefficient (Wildman–Crippen LogP) is 3.50. The minimum absolute atomic E-state index is 0.0437. The third-order valence-corrected chi connectivity index (χ3v) is 5.84. The lowest BCUT2D eigenvalue weighted by atomic mass is 10.1. The molecule has 2 aromatic rings. The molecule has 0 unspecified atom stereocenters. The summed E-state index contributed by atoms with van der Waals surface area (Å²) in [6, 6.07) is 18.4. The summed E-state index contributed by atoms with van der Waals surface area (Å²) in [7, 11) is 0. The number of hydrogen-bond donors (Lipinski definition) is 0. The number of amides is 4. The second-order valence-corrected chi connectivity index (χ2v) is 8.25. The van der Waals surface area contributed by atoms with E-state index in [4.69, 9.17) is 9.47 Å². The van der Waals surface area contributed by atoms with Gasteiger partial charge >= 0.3 is 12.2 Å². The third kappa shape index (κ3) is 5.51. The summed E-state index contributed by atoms with van der Waals surface area (Å²) in [6.07, 6.45) is 2.82. The Hall–Kier alpha value is -3.94. The van der Waals surface area contributed by atoms with Gasteiger partial charge in [-0.2, -0.15) is 0 Å². The topological polar surface area (TPSA) is 93.2 Å². The minimum atomic E-state index is -0.671. The maximum Gasteiger partial charge on any atom is 0.417 e. The summed E-state index contributed by atoms with van der Waals surface area (Å²) in [5, 5.41) is 0. The van der Waals surface area contributed by atoms with Gasteiger partial charge in [0.25, 0.3) is 5.91 Å². The fourth-order valence-electron chi connectivity index (χ4n) is 4.16. The molecular formula is C26H26N2O6. The second kappa shape index (κ2) is 10.8. The molecular weight excluding hydrogens is 436 g/mol. The van der Waals surface area contributed by atoms with Crippen LogP contribution >= 0.6 is 0 Å². The van der Waals surface area contributed by atoms with Crippen molar-refractivity contribution in [3.8, 4) is 0 Å². The Morgan fingerprint density at radius 3 is 1.85 bits per heavy atom. The monoisotopic (exact) mass is 462 g/mol. The van der Waals surface area contributed by atoms with E-state index in [1.165, 1.54) is 6.08 Å². The molecule has 2 aromatic carbocycles. The number of ether oxygens (including phenoxy) is 2. The van der Waals surface area contributed by atoms with Gasteiger partial charge in [-0.05, 0) is 36.5 Å². The van der Waals surface area contributed by atoms with Gasteiger partial charge in [0.15, 0.2) is 0 Å². The number of imide groups is 2. The first-order valence-electron chi connectivity index (χ1n) is 11.3.